The second-order valence-corrected chi connectivity index (χ2v) is 3.08. The van der Waals surface area contributed by atoms with Crippen LogP contribution in [0.1, 0.15) is 5.56 Å². The molecule has 0 radical (unpaired) electrons. The Morgan fingerprint density at radius 2 is 2.36 bits per heavy atom. The summed E-state index contributed by atoms with van der Waals surface area (Å²) in [6.45, 7) is 0. The molecule has 0 aliphatic heterocycles. The van der Waals surface area contributed by atoms with Crippen molar-refractivity contribution in [2.45, 2.75) is 0 Å². The zero-order chi connectivity index (χ0) is 8.10. The highest BCUT2D eigenvalue weighted by molar-refractivity contribution is 8.01. The molecule has 0 unspecified atom stereocenters. The molecule has 1 aromatic heterocycles. The molecule has 0 saturated heterocycles. The van der Waals surface area contributed by atoms with Gasteiger partial charge in [0.15, 0.2) is 12.4 Å². The Hall–Kier alpha value is -0.760. The van der Waals surface area contributed by atoms with Crippen molar-refractivity contribution in [1.82, 2.24) is 0 Å². The number of aromatic nitrogens is 1. The van der Waals surface area contributed by atoms with Crippen molar-refractivity contribution in [1.29, 1.82) is 0 Å². The van der Waals surface area contributed by atoms with Crippen molar-refractivity contribution in [3.05, 3.63) is 35.5 Å². The average Bonchev–Trinajstić information content (AvgIpc) is 2.01. The molecule has 0 bridgehead atoms. The highest BCUT2D eigenvalue weighted by Crippen LogP contribution is 2.02. The molecule has 0 aliphatic carbocycles. The van der Waals surface area contributed by atoms with Gasteiger partial charge in [0.25, 0.3) is 0 Å². The SMILES string of the molecule is CS/C=C/c1ccc[n+](C)c1. The van der Waals surface area contributed by atoms with Crippen LogP contribution in [0.4, 0.5) is 0 Å². The molecule has 0 amide bonds. The van der Waals surface area contributed by atoms with E-state index in [-0.39, 0.29) is 0 Å². The first-order valence-corrected chi connectivity index (χ1v) is 4.76. The lowest BCUT2D eigenvalue weighted by molar-refractivity contribution is -0.671. The quantitative estimate of drug-likeness (QED) is 0.606. The topological polar surface area (TPSA) is 3.88 Å². The Kier molecular flexibility index (Phi) is 3.17. The number of nitrogens with zero attached hydrogens (tertiary/aromatic N) is 1. The second-order valence-electron chi connectivity index (χ2n) is 2.34. The predicted octanol–water partition coefficient (Wildman–Crippen LogP) is 1.84. The lowest BCUT2D eigenvalue weighted by Crippen LogP contribution is -2.26. The van der Waals surface area contributed by atoms with E-state index in [2.05, 4.69) is 30.0 Å². The molecule has 1 rings (SSSR count). The molecule has 1 heterocycles. The molecule has 0 fully saturated rings. The van der Waals surface area contributed by atoms with Crippen molar-refractivity contribution >= 4 is 17.8 Å². The van der Waals surface area contributed by atoms with E-state index in [0.29, 0.717) is 0 Å². The molecule has 2 heteroatoms. The van der Waals surface area contributed by atoms with Crippen LogP contribution < -0.4 is 4.57 Å². The number of hydrogen-bond donors (Lipinski definition) is 0. The Balaban J connectivity index is 2.79. The van der Waals surface area contributed by atoms with Gasteiger partial charge in [-0.15, -0.1) is 11.8 Å². The first-order valence-electron chi connectivity index (χ1n) is 3.47. The summed E-state index contributed by atoms with van der Waals surface area (Å²) in [4.78, 5) is 0. The molecular weight excluding hydrogens is 154 g/mol. The van der Waals surface area contributed by atoms with E-state index in [1.54, 1.807) is 11.8 Å². The third-order valence-corrected chi connectivity index (χ3v) is 1.77. The largest absolute Gasteiger partial charge is 0.207 e. The van der Waals surface area contributed by atoms with Crippen LogP contribution in [-0.4, -0.2) is 6.26 Å². The van der Waals surface area contributed by atoms with Crippen LogP contribution >= 0.6 is 11.8 Å². The van der Waals surface area contributed by atoms with Crippen LogP contribution in [0.2, 0.25) is 0 Å². The number of aryl methyl sites for hydroxylation is 1. The zero-order valence-electron chi connectivity index (χ0n) is 6.82. The van der Waals surface area contributed by atoms with E-state index >= 15 is 0 Å². The van der Waals surface area contributed by atoms with E-state index in [9.17, 15) is 0 Å². The van der Waals surface area contributed by atoms with E-state index in [1.807, 2.05) is 23.9 Å². The standard InChI is InChI=1S/C9H12NS/c1-10-6-3-4-9(8-10)5-7-11-2/h3-8H,1-2H3/q+1/b7-5+. The summed E-state index contributed by atoms with van der Waals surface area (Å²) >= 11 is 1.71. The van der Waals surface area contributed by atoms with Gasteiger partial charge in [0.1, 0.15) is 7.05 Å². The molecule has 1 nitrogen and oxygen atoms in total. The number of rotatable bonds is 2. The summed E-state index contributed by atoms with van der Waals surface area (Å²) in [5, 5.41) is 2.08. The number of thioether (sulfide) groups is 1. The van der Waals surface area contributed by atoms with E-state index in [4.69, 9.17) is 0 Å². The van der Waals surface area contributed by atoms with Gasteiger partial charge in [-0.3, -0.25) is 0 Å². The van der Waals surface area contributed by atoms with E-state index in [1.165, 1.54) is 5.56 Å². The molecule has 0 N–H and O–H groups in total. The summed E-state index contributed by atoms with van der Waals surface area (Å²) < 4.78 is 2.04. The zero-order valence-corrected chi connectivity index (χ0v) is 7.64. The second kappa shape index (κ2) is 4.19. The van der Waals surface area contributed by atoms with Gasteiger partial charge in [0, 0.05) is 11.6 Å². The minimum Gasteiger partial charge on any atom is -0.207 e. The summed E-state index contributed by atoms with van der Waals surface area (Å²) in [5.74, 6) is 0. The van der Waals surface area contributed by atoms with Gasteiger partial charge in [-0.25, -0.2) is 4.57 Å². The third-order valence-electron chi connectivity index (χ3n) is 1.36. The lowest BCUT2D eigenvalue weighted by Gasteiger charge is -1.88. The van der Waals surface area contributed by atoms with Crippen molar-refractivity contribution in [2.75, 3.05) is 6.26 Å². The maximum absolute atomic E-state index is 2.10. The van der Waals surface area contributed by atoms with Crippen LogP contribution in [0, 0.1) is 0 Å². The third kappa shape index (κ3) is 2.76. The summed E-state index contributed by atoms with van der Waals surface area (Å²) in [7, 11) is 2.02. The van der Waals surface area contributed by atoms with Gasteiger partial charge in [0.2, 0.25) is 0 Å². The first kappa shape index (κ1) is 8.34. The minimum atomic E-state index is 1.24. The predicted molar refractivity (Wildman–Crippen MR) is 50.2 cm³/mol. The maximum atomic E-state index is 2.10. The minimum absolute atomic E-state index is 1.24. The fourth-order valence-electron chi connectivity index (χ4n) is 0.856. The highest BCUT2D eigenvalue weighted by atomic mass is 32.2. The van der Waals surface area contributed by atoms with Gasteiger partial charge in [0.05, 0.1) is 0 Å². The van der Waals surface area contributed by atoms with Gasteiger partial charge in [-0.2, -0.15) is 0 Å². The summed E-state index contributed by atoms with van der Waals surface area (Å²) in [6, 6.07) is 4.13. The fourth-order valence-corrected chi connectivity index (χ4v) is 1.15. The normalized spacial score (nSPS) is 10.7. The van der Waals surface area contributed by atoms with Gasteiger partial charge < -0.3 is 0 Å². The van der Waals surface area contributed by atoms with E-state index in [0.717, 1.165) is 0 Å². The van der Waals surface area contributed by atoms with E-state index < -0.39 is 0 Å². The molecule has 0 atom stereocenters. The molecule has 0 saturated carbocycles. The van der Waals surface area contributed by atoms with Gasteiger partial charge in [-0.05, 0) is 23.8 Å². The van der Waals surface area contributed by atoms with Crippen LogP contribution in [-0.2, 0) is 7.05 Å². The summed E-state index contributed by atoms with van der Waals surface area (Å²) in [6.07, 6.45) is 8.27. The van der Waals surface area contributed by atoms with Crippen molar-refractivity contribution in [3.8, 4) is 0 Å². The average molecular weight is 166 g/mol. The molecular formula is C9H12NS+. The maximum Gasteiger partial charge on any atom is 0.175 e. The summed E-state index contributed by atoms with van der Waals surface area (Å²) in [5.41, 5.74) is 1.24. The van der Waals surface area contributed by atoms with Crippen LogP contribution in [0.15, 0.2) is 29.9 Å². The Bertz CT molecular complexity index is 255. The molecule has 0 aromatic carbocycles. The number of pyridine rings is 1. The first-order chi connectivity index (χ1) is 5.33. The molecule has 0 spiro atoms. The monoisotopic (exact) mass is 166 g/mol. The van der Waals surface area contributed by atoms with Crippen molar-refractivity contribution in [3.63, 3.8) is 0 Å². The molecule has 11 heavy (non-hydrogen) atoms. The van der Waals surface area contributed by atoms with Crippen LogP contribution in [0.5, 0.6) is 0 Å². The Morgan fingerprint density at radius 1 is 1.55 bits per heavy atom. The number of hydrogen-bond acceptors (Lipinski definition) is 1. The van der Waals surface area contributed by atoms with Crippen LogP contribution in [0.25, 0.3) is 6.08 Å². The van der Waals surface area contributed by atoms with Gasteiger partial charge in [-0.1, -0.05) is 0 Å². The van der Waals surface area contributed by atoms with Crippen molar-refractivity contribution in [2.24, 2.45) is 7.05 Å². The highest BCUT2D eigenvalue weighted by Gasteiger charge is 1.91. The molecule has 1 aromatic rings. The Labute approximate surface area is 71.8 Å². The smallest absolute Gasteiger partial charge is 0.175 e. The molecule has 58 valence electrons. The van der Waals surface area contributed by atoms with Crippen molar-refractivity contribution < 1.29 is 4.57 Å². The fraction of sp³-hybridized carbons (Fsp3) is 0.222. The Morgan fingerprint density at radius 3 is 3.00 bits per heavy atom. The lowest BCUT2D eigenvalue weighted by atomic mass is 10.3. The van der Waals surface area contributed by atoms with Crippen LogP contribution in [0.3, 0.4) is 0 Å². The van der Waals surface area contributed by atoms with Gasteiger partial charge >= 0.3 is 0 Å². The molecule has 0 aliphatic rings.